The number of cyclic esters (lactones) is 1. The van der Waals surface area contributed by atoms with Crippen molar-refractivity contribution in [2.75, 3.05) is 40.1 Å². The molecule has 5 aromatic rings. The van der Waals surface area contributed by atoms with Crippen LogP contribution in [0.3, 0.4) is 0 Å². The third kappa shape index (κ3) is 12.9. The topological polar surface area (TPSA) is 358 Å². The fraction of sp³-hybridized carbons (Fsp3) is 0.477. The molecule has 10 N–H and O–H groups in total. The summed E-state index contributed by atoms with van der Waals surface area (Å²) in [5, 5.41) is 46.6. The van der Waals surface area contributed by atoms with E-state index in [4.69, 9.17) is 29.7 Å². The van der Waals surface area contributed by atoms with E-state index in [1.165, 1.54) is 22.6 Å². The molecule has 3 aromatic carbocycles. The standard InChI is InChI=1S/C65H76FN9O16/c1-8-65(87)41-21-46-55-38(25-75(46)60(83)40(41)28-89-62(65)85)53-43(18-17-33-32(4)42(66)22-45(70-55)52(33)53)71-61(84)64(5,6)29-88-30-69-50(77)24-68-59(82)54(31(2)3)73-58(81)44(19-20-51(78)74(7)26-48-57(80)56(79)47(91-48)23-49(67)76)72-63(86)90-27-39-36-15-11-9-13-34(36)35-14-10-12-16-37(35)39/h9-16,21-22,31,39,43-44,47-48,54,56-57,79-80,87H,8,17-20,23-30H2,1-7H3,(H2,67,76)(H,68,82)(H,69,77)(H,71,84)(H,72,86)(H,73,81)/t43-,44-,47-,48+,54-,56-,57+,65-/m0/s1. The van der Waals surface area contributed by atoms with Crippen molar-refractivity contribution in [1.29, 1.82) is 0 Å². The Hall–Kier alpha value is -8.69. The lowest BCUT2D eigenvalue weighted by atomic mass is 9.81. The Labute approximate surface area is 522 Å². The number of alkyl carbamates (subject to hydrolysis) is 1. The van der Waals surface area contributed by atoms with E-state index in [-0.39, 0.29) is 82.4 Å². The molecule has 3 aliphatic heterocycles. The minimum absolute atomic E-state index is 0.0467. The number of carbonyl (C=O) groups excluding carboxylic acids is 8. The molecule has 7 amide bonds. The van der Waals surface area contributed by atoms with Gasteiger partial charge in [-0.05, 0) is 97.4 Å². The molecular formula is C65H76FN9O16. The smallest absolute Gasteiger partial charge is 0.407 e. The number of rotatable bonds is 23. The summed E-state index contributed by atoms with van der Waals surface area (Å²) < 4.78 is 39.5. The maximum Gasteiger partial charge on any atom is 0.407 e. The summed E-state index contributed by atoms with van der Waals surface area (Å²) in [6.07, 6.45) is -6.31. The number of esters is 1. The minimum Gasteiger partial charge on any atom is -0.458 e. The molecular weight excluding hydrogens is 1180 g/mol. The number of nitrogens with two attached hydrogens (primary N) is 1. The van der Waals surface area contributed by atoms with Gasteiger partial charge in [0.15, 0.2) is 5.60 Å². The molecule has 26 heteroatoms. The van der Waals surface area contributed by atoms with E-state index >= 15 is 4.39 Å². The predicted octanol–water partition coefficient (Wildman–Crippen LogP) is 2.51. The summed E-state index contributed by atoms with van der Waals surface area (Å²) in [5.41, 5.74) is 9.11. The van der Waals surface area contributed by atoms with Crippen molar-refractivity contribution in [2.24, 2.45) is 17.1 Å². The Balaban J connectivity index is 0.749. The van der Waals surface area contributed by atoms with Gasteiger partial charge in [0, 0.05) is 48.5 Å². The predicted molar refractivity (Wildman–Crippen MR) is 324 cm³/mol. The van der Waals surface area contributed by atoms with E-state index in [1.54, 1.807) is 47.6 Å². The molecule has 0 spiro atoms. The van der Waals surface area contributed by atoms with Crippen LogP contribution in [0.5, 0.6) is 0 Å². The van der Waals surface area contributed by atoms with Crippen molar-refractivity contribution < 1.29 is 77.0 Å². The fourth-order valence-electron chi connectivity index (χ4n) is 12.9. The van der Waals surface area contributed by atoms with Crippen LogP contribution < -0.4 is 37.9 Å². The molecule has 0 bridgehead atoms. The second-order valence-electron chi connectivity index (χ2n) is 25.0. The van der Waals surface area contributed by atoms with Crippen LogP contribution in [0, 0.1) is 24.1 Å². The van der Waals surface area contributed by atoms with E-state index in [9.17, 15) is 58.5 Å². The Bertz CT molecular complexity index is 3790. The summed E-state index contributed by atoms with van der Waals surface area (Å²) in [7, 11) is 1.41. The first kappa shape index (κ1) is 65.3. The van der Waals surface area contributed by atoms with Gasteiger partial charge in [-0.3, -0.25) is 33.6 Å². The fourth-order valence-corrected chi connectivity index (χ4v) is 12.9. The van der Waals surface area contributed by atoms with Gasteiger partial charge in [-0.2, -0.15) is 0 Å². The zero-order valence-corrected chi connectivity index (χ0v) is 51.6. The first-order valence-corrected chi connectivity index (χ1v) is 30.4. The highest BCUT2D eigenvalue weighted by molar-refractivity contribution is 5.95. The quantitative estimate of drug-likeness (QED) is 0.0253. The van der Waals surface area contributed by atoms with Crippen LogP contribution in [0.2, 0.25) is 0 Å². The molecule has 5 heterocycles. The van der Waals surface area contributed by atoms with Crippen LogP contribution >= 0.6 is 0 Å². The number of aryl methyl sites for hydroxylation is 1. The zero-order valence-electron chi connectivity index (χ0n) is 51.6. The van der Waals surface area contributed by atoms with Crippen LogP contribution in [0.25, 0.3) is 33.4 Å². The number of benzene rings is 3. The average Bonchev–Trinajstić information content (AvgIpc) is 1.63. The number of halogens is 1. The van der Waals surface area contributed by atoms with Gasteiger partial charge in [-0.15, -0.1) is 0 Å². The van der Waals surface area contributed by atoms with E-state index in [2.05, 4.69) is 26.6 Å². The molecule has 2 aliphatic carbocycles. The van der Waals surface area contributed by atoms with Gasteiger partial charge in [0.25, 0.3) is 5.56 Å². The van der Waals surface area contributed by atoms with E-state index in [0.29, 0.717) is 51.8 Å². The molecule has 25 nitrogen and oxygen atoms in total. The third-order valence-corrected chi connectivity index (χ3v) is 18.1. The second kappa shape index (κ2) is 26.3. The Kier molecular flexibility index (Phi) is 18.8. The SMILES string of the molecule is CC[C@@]1(O)C(=O)OCc2c1cc1n(c2=O)Cc2c-1nc1cc(F)c(C)c3c1c2[C@@H](NC(=O)C(C)(C)COCNC(=O)CNC(=O)[C@@H](NC(=O)[C@H](CCC(=O)N(C)C[C@H]1O[C@@H](CC(N)=O)[C@H](O)[C@@H]1O)NC(=O)OCC1c2ccccc2-c2ccccc21)C(C)C)CC3. The highest BCUT2D eigenvalue weighted by atomic mass is 19.1. The van der Waals surface area contributed by atoms with Crippen LogP contribution in [-0.4, -0.2) is 154 Å². The number of nitrogens with zero attached hydrogens (tertiary/aromatic N) is 3. The van der Waals surface area contributed by atoms with E-state index in [0.717, 1.165) is 27.8 Å². The number of aliphatic hydroxyl groups is 3. The van der Waals surface area contributed by atoms with Gasteiger partial charge in [-0.1, -0.05) is 69.3 Å². The van der Waals surface area contributed by atoms with Gasteiger partial charge in [0.1, 0.15) is 56.2 Å². The van der Waals surface area contributed by atoms with E-state index < -0.39 is 125 Å². The van der Waals surface area contributed by atoms with Gasteiger partial charge >= 0.3 is 12.1 Å². The van der Waals surface area contributed by atoms with Crippen molar-refractivity contribution in [3.63, 3.8) is 0 Å². The van der Waals surface area contributed by atoms with Gasteiger partial charge < -0.3 is 76.1 Å². The van der Waals surface area contributed by atoms with Crippen LogP contribution in [-0.2, 0) is 77.7 Å². The first-order chi connectivity index (χ1) is 43.2. The molecule has 2 aromatic heterocycles. The maximum absolute atomic E-state index is 15.6. The number of pyridine rings is 2. The van der Waals surface area contributed by atoms with Crippen molar-refractivity contribution in [3.05, 3.63) is 121 Å². The molecule has 91 heavy (non-hydrogen) atoms. The Morgan fingerprint density at radius 1 is 0.934 bits per heavy atom. The number of hydrogen-bond donors (Lipinski definition) is 9. The van der Waals surface area contributed by atoms with Crippen molar-refractivity contribution in [3.8, 4) is 22.5 Å². The number of carbonyl (C=O) groups is 8. The number of amides is 7. The van der Waals surface area contributed by atoms with Crippen molar-refractivity contribution in [2.45, 2.75) is 147 Å². The number of hydrogen-bond acceptors (Lipinski definition) is 17. The molecule has 0 saturated carbocycles. The number of ether oxygens (including phenoxy) is 4. The van der Waals surface area contributed by atoms with Crippen molar-refractivity contribution >= 4 is 58.4 Å². The van der Waals surface area contributed by atoms with Crippen LogP contribution in [0.4, 0.5) is 9.18 Å². The molecule has 0 unspecified atom stereocenters. The number of primary amides is 1. The van der Waals surface area contributed by atoms with E-state index in [1.807, 2.05) is 48.5 Å². The third-order valence-electron chi connectivity index (χ3n) is 18.1. The summed E-state index contributed by atoms with van der Waals surface area (Å²) in [6.45, 7) is 8.16. The summed E-state index contributed by atoms with van der Waals surface area (Å²) in [6, 6.07) is 15.0. The summed E-state index contributed by atoms with van der Waals surface area (Å²) >= 11 is 0. The zero-order chi connectivity index (χ0) is 65.5. The number of aromatic nitrogens is 2. The Morgan fingerprint density at radius 2 is 1.62 bits per heavy atom. The average molecular weight is 1260 g/mol. The lowest BCUT2D eigenvalue weighted by molar-refractivity contribution is -0.172. The molecule has 8 atom stereocenters. The monoisotopic (exact) mass is 1260 g/mol. The first-order valence-electron chi connectivity index (χ1n) is 30.4. The lowest BCUT2D eigenvalue weighted by Crippen LogP contribution is -2.56. The Morgan fingerprint density at radius 3 is 2.29 bits per heavy atom. The largest absolute Gasteiger partial charge is 0.458 e. The molecule has 0 radical (unpaired) electrons. The summed E-state index contributed by atoms with van der Waals surface area (Å²) in [5.74, 6) is -6.26. The molecule has 1 fully saturated rings. The van der Waals surface area contributed by atoms with Gasteiger partial charge in [-0.25, -0.2) is 19.0 Å². The highest BCUT2D eigenvalue weighted by Gasteiger charge is 2.47. The normalized spacial score (nSPS) is 20.9. The molecule has 5 aliphatic rings. The number of likely N-dealkylation sites (N-methyl/N-ethyl adjacent to an activating group) is 1. The van der Waals surface area contributed by atoms with Crippen LogP contribution in [0.15, 0.2) is 65.5 Å². The van der Waals surface area contributed by atoms with Gasteiger partial charge in [0.2, 0.25) is 35.4 Å². The number of aliphatic hydroxyl groups excluding tert-OH is 2. The number of fused-ring (bicyclic) bond motifs is 8. The van der Waals surface area contributed by atoms with Gasteiger partial charge in [0.05, 0.1) is 66.1 Å². The lowest BCUT2D eigenvalue weighted by Gasteiger charge is -2.32. The minimum atomic E-state index is -2.07. The maximum atomic E-state index is 15.6. The molecule has 484 valence electrons. The molecule has 10 rings (SSSR count). The van der Waals surface area contributed by atoms with Crippen LogP contribution in [0.1, 0.15) is 123 Å². The highest BCUT2D eigenvalue weighted by Crippen LogP contribution is 2.47. The summed E-state index contributed by atoms with van der Waals surface area (Å²) in [4.78, 5) is 127. The van der Waals surface area contributed by atoms with Crippen molar-refractivity contribution in [1.82, 2.24) is 41.0 Å². The number of nitrogens with one attached hydrogen (secondary N) is 5. The second-order valence-corrected chi connectivity index (χ2v) is 25.0. The molecule has 1 saturated heterocycles.